The highest BCUT2D eigenvalue weighted by atomic mass is 19.4. The minimum Gasteiger partial charge on any atom is -0.447 e. The lowest BCUT2D eigenvalue weighted by atomic mass is 9.96. The molecule has 0 N–H and O–H groups in total. The molecule has 7 nitrogen and oxygen atoms in total. The van der Waals surface area contributed by atoms with Gasteiger partial charge in [0.1, 0.15) is 5.75 Å². The van der Waals surface area contributed by atoms with Crippen molar-refractivity contribution in [3.05, 3.63) is 59.2 Å². The van der Waals surface area contributed by atoms with Crippen LogP contribution >= 0.6 is 0 Å². The number of Topliss-reactive ketones (excluding diaryl/α,β-unsaturated/α-hetero) is 1. The minimum atomic E-state index is -4.82. The van der Waals surface area contributed by atoms with Gasteiger partial charge in [-0.1, -0.05) is 18.2 Å². The first-order valence-corrected chi connectivity index (χ1v) is 12.7. The van der Waals surface area contributed by atoms with E-state index in [4.69, 9.17) is 4.74 Å². The molecule has 0 atom stereocenters. The second-order valence-corrected chi connectivity index (χ2v) is 9.50. The molecule has 0 radical (unpaired) electrons. The Hall–Kier alpha value is -3.56. The molecule has 0 fully saturated rings. The van der Waals surface area contributed by atoms with Crippen molar-refractivity contribution < 1.29 is 37.0 Å². The van der Waals surface area contributed by atoms with Gasteiger partial charge in [-0.25, -0.2) is 4.79 Å². The Morgan fingerprint density at radius 2 is 1.79 bits per heavy atom. The number of aryl methyl sites for hydroxylation is 1. The zero-order valence-corrected chi connectivity index (χ0v) is 21.8. The third-order valence-corrected chi connectivity index (χ3v) is 6.27. The molecule has 2 aromatic rings. The molecule has 0 spiro atoms. The van der Waals surface area contributed by atoms with Gasteiger partial charge in [0.2, 0.25) is 5.91 Å². The van der Waals surface area contributed by atoms with Crippen molar-refractivity contribution in [1.29, 1.82) is 0 Å². The van der Waals surface area contributed by atoms with E-state index >= 15 is 0 Å². The molecule has 0 aromatic heterocycles. The fourth-order valence-corrected chi connectivity index (χ4v) is 4.32. The van der Waals surface area contributed by atoms with Crippen LogP contribution in [0.15, 0.2) is 42.5 Å². The molecule has 0 aliphatic carbocycles. The first-order chi connectivity index (χ1) is 17.9. The summed E-state index contributed by atoms with van der Waals surface area (Å²) in [5.74, 6) is -0.279. The number of ketones is 1. The van der Waals surface area contributed by atoms with Gasteiger partial charge in [-0.15, -0.1) is 13.2 Å². The summed E-state index contributed by atoms with van der Waals surface area (Å²) in [6.45, 7) is 3.86. The van der Waals surface area contributed by atoms with Gasteiger partial charge in [-0.3, -0.25) is 9.59 Å². The van der Waals surface area contributed by atoms with Crippen molar-refractivity contribution in [2.45, 2.75) is 64.8 Å². The quantitative estimate of drug-likeness (QED) is 0.264. The van der Waals surface area contributed by atoms with E-state index in [1.165, 1.54) is 23.1 Å². The molecule has 0 saturated carbocycles. The normalized spacial score (nSPS) is 13.3. The van der Waals surface area contributed by atoms with Crippen molar-refractivity contribution in [2.24, 2.45) is 0 Å². The van der Waals surface area contributed by atoms with Crippen LogP contribution in [0.25, 0.3) is 0 Å². The number of ether oxygens (including phenoxy) is 2. The van der Waals surface area contributed by atoms with Crippen molar-refractivity contribution in [1.82, 2.24) is 4.90 Å². The van der Waals surface area contributed by atoms with Gasteiger partial charge >= 0.3 is 12.5 Å². The lowest BCUT2D eigenvalue weighted by Gasteiger charge is -2.26. The van der Waals surface area contributed by atoms with E-state index in [0.29, 0.717) is 36.8 Å². The Labute approximate surface area is 220 Å². The van der Waals surface area contributed by atoms with E-state index in [1.54, 1.807) is 44.0 Å². The Bertz CT molecular complexity index is 1150. The lowest BCUT2D eigenvalue weighted by Crippen LogP contribution is -2.35. The first kappa shape index (κ1) is 29.0. The topological polar surface area (TPSA) is 76.2 Å². The Balaban J connectivity index is 1.57. The highest BCUT2D eigenvalue weighted by Gasteiger charge is 2.32. The predicted molar refractivity (Wildman–Crippen MR) is 136 cm³/mol. The summed E-state index contributed by atoms with van der Waals surface area (Å²) in [7, 11) is 1.72. The molecule has 0 unspecified atom stereocenters. The fourth-order valence-electron chi connectivity index (χ4n) is 4.32. The van der Waals surface area contributed by atoms with Crippen LogP contribution < -0.4 is 9.64 Å². The molecule has 3 rings (SSSR count). The van der Waals surface area contributed by atoms with E-state index < -0.39 is 12.5 Å². The molecule has 2 aromatic carbocycles. The summed E-state index contributed by atoms with van der Waals surface area (Å²) >= 11 is 0. The number of anilines is 1. The van der Waals surface area contributed by atoms with Crippen LogP contribution in [0.5, 0.6) is 5.75 Å². The first-order valence-electron chi connectivity index (χ1n) is 12.7. The number of fused-ring (bicyclic) bond motifs is 1. The Kier molecular flexibility index (Phi) is 9.77. The second-order valence-electron chi connectivity index (χ2n) is 9.50. The van der Waals surface area contributed by atoms with Gasteiger partial charge in [-0.2, -0.15) is 0 Å². The number of unbranched alkanes of at least 4 members (excludes halogenated alkanes) is 1. The molecule has 0 bridgehead atoms. The summed E-state index contributed by atoms with van der Waals surface area (Å²) in [5.41, 5.74) is 2.70. The highest BCUT2D eigenvalue weighted by molar-refractivity contribution is 5.99. The number of halogens is 3. The SMILES string of the molecule is CC(C)OC(=O)N(CCCCC(=O)c1ccc2c(c1)CCC(=O)N2C)CCc1ccccc1OC(F)(F)F. The summed E-state index contributed by atoms with van der Waals surface area (Å²) in [4.78, 5) is 40.3. The summed E-state index contributed by atoms with van der Waals surface area (Å²) in [6, 6.07) is 11.2. The average molecular weight is 535 g/mol. The highest BCUT2D eigenvalue weighted by Crippen LogP contribution is 2.29. The largest absolute Gasteiger partial charge is 0.573 e. The third kappa shape index (κ3) is 8.22. The standard InChI is InChI=1S/C28H33F3N2O5/c1-19(2)37-27(36)33(17-15-20-8-4-5-10-25(20)38-28(29,30)31)16-7-6-9-24(34)22-11-13-23-21(18-22)12-14-26(35)32(23)3/h4-5,8,10-11,13,18-19H,6-7,9,12,14-17H2,1-3H3. The van der Waals surface area contributed by atoms with Gasteiger partial charge < -0.3 is 19.3 Å². The molecule has 10 heteroatoms. The lowest BCUT2D eigenvalue weighted by molar-refractivity contribution is -0.274. The maximum absolute atomic E-state index is 12.8. The number of nitrogens with zero attached hydrogens (tertiary/aromatic N) is 2. The van der Waals surface area contributed by atoms with Crippen LogP contribution in [0.1, 0.15) is 61.0 Å². The fraction of sp³-hybridized carbons (Fsp3) is 0.464. The number of para-hydroxylation sites is 1. The Morgan fingerprint density at radius 3 is 2.50 bits per heavy atom. The summed E-state index contributed by atoms with van der Waals surface area (Å²) in [5, 5.41) is 0. The summed E-state index contributed by atoms with van der Waals surface area (Å²) < 4.78 is 47.7. The van der Waals surface area contributed by atoms with E-state index in [0.717, 1.165) is 11.3 Å². The van der Waals surface area contributed by atoms with E-state index in [2.05, 4.69) is 4.74 Å². The van der Waals surface area contributed by atoms with Crippen molar-refractivity contribution in [2.75, 3.05) is 25.0 Å². The van der Waals surface area contributed by atoms with Gasteiger partial charge in [0, 0.05) is 44.2 Å². The number of alkyl halides is 3. The monoisotopic (exact) mass is 534 g/mol. The molecule has 0 saturated heterocycles. The van der Waals surface area contributed by atoms with Gasteiger partial charge in [0.15, 0.2) is 5.78 Å². The number of carbonyl (C=O) groups is 3. The van der Waals surface area contributed by atoms with Crippen LogP contribution in [0.4, 0.5) is 23.7 Å². The van der Waals surface area contributed by atoms with Crippen LogP contribution in [-0.4, -0.2) is 55.3 Å². The number of hydrogen-bond acceptors (Lipinski definition) is 5. The minimum absolute atomic E-state index is 0.0260. The number of amides is 2. The molecular formula is C28H33F3N2O5. The zero-order chi connectivity index (χ0) is 27.9. The molecule has 2 amide bonds. The van der Waals surface area contributed by atoms with Crippen LogP contribution in [0.3, 0.4) is 0 Å². The van der Waals surface area contributed by atoms with Gasteiger partial charge in [0.25, 0.3) is 0 Å². The van der Waals surface area contributed by atoms with Crippen LogP contribution in [0, 0.1) is 0 Å². The zero-order valence-electron chi connectivity index (χ0n) is 21.8. The molecule has 1 aliphatic rings. The van der Waals surface area contributed by atoms with E-state index in [-0.39, 0.29) is 49.5 Å². The van der Waals surface area contributed by atoms with E-state index in [9.17, 15) is 27.6 Å². The molecule has 206 valence electrons. The number of benzene rings is 2. The Morgan fingerprint density at radius 1 is 1.05 bits per heavy atom. The van der Waals surface area contributed by atoms with Crippen molar-refractivity contribution in [3.8, 4) is 5.75 Å². The predicted octanol–water partition coefficient (Wildman–Crippen LogP) is 5.94. The molecule has 38 heavy (non-hydrogen) atoms. The maximum atomic E-state index is 12.8. The average Bonchev–Trinajstić information content (AvgIpc) is 2.85. The van der Waals surface area contributed by atoms with Gasteiger partial charge in [-0.05, 0) is 74.9 Å². The van der Waals surface area contributed by atoms with Gasteiger partial charge in [0.05, 0.1) is 6.10 Å². The molecular weight excluding hydrogens is 501 g/mol. The van der Waals surface area contributed by atoms with Crippen LogP contribution in [-0.2, 0) is 22.4 Å². The molecule has 1 heterocycles. The van der Waals surface area contributed by atoms with Crippen molar-refractivity contribution in [3.63, 3.8) is 0 Å². The number of carbonyl (C=O) groups excluding carboxylic acids is 3. The smallest absolute Gasteiger partial charge is 0.447 e. The summed E-state index contributed by atoms with van der Waals surface area (Å²) in [6.07, 6.45) is -3.26. The van der Waals surface area contributed by atoms with E-state index in [1.807, 2.05) is 6.07 Å². The third-order valence-electron chi connectivity index (χ3n) is 6.27. The number of hydrogen-bond donors (Lipinski definition) is 0. The van der Waals surface area contributed by atoms with Crippen molar-refractivity contribution >= 4 is 23.5 Å². The number of rotatable bonds is 11. The second kappa shape index (κ2) is 12.8. The maximum Gasteiger partial charge on any atom is 0.573 e. The molecule has 1 aliphatic heterocycles. The van der Waals surface area contributed by atoms with Crippen LogP contribution in [0.2, 0.25) is 0 Å².